The van der Waals surface area contributed by atoms with Crippen molar-refractivity contribution in [3.63, 3.8) is 0 Å². The van der Waals surface area contributed by atoms with Crippen LogP contribution < -0.4 is 0 Å². The maximum atomic E-state index is 11.7. The third kappa shape index (κ3) is 4.27. The average molecular weight is 286 g/mol. The lowest BCUT2D eigenvalue weighted by molar-refractivity contribution is 0.0483. The van der Waals surface area contributed by atoms with Gasteiger partial charge in [-0.2, -0.15) is 25.3 Å². The lowest BCUT2D eigenvalue weighted by atomic mass is 10.1. The van der Waals surface area contributed by atoms with E-state index in [0.29, 0.717) is 11.5 Å². The third-order valence-corrected chi connectivity index (χ3v) is 2.38. The summed E-state index contributed by atoms with van der Waals surface area (Å²) in [5.74, 6) is -0.249. The van der Waals surface area contributed by atoms with Gasteiger partial charge in [-0.1, -0.05) is 12.1 Å². The Morgan fingerprint density at radius 3 is 1.61 bits per heavy atom. The van der Waals surface area contributed by atoms with E-state index < -0.39 is 11.9 Å². The zero-order chi connectivity index (χ0) is 13.4. The van der Waals surface area contributed by atoms with Gasteiger partial charge in [-0.05, 0) is 12.1 Å². The van der Waals surface area contributed by atoms with Gasteiger partial charge in [0.05, 0.1) is 11.1 Å². The van der Waals surface area contributed by atoms with Gasteiger partial charge in [0.2, 0.25) is 0 Å². The Kier molecular flexibility index (Phi) is 6.67. The van der Waals surface area contributed by atoms with Crippen LogP contribution in [0, 0.1) is 0 Å². The number of hydrogen-bond acceptors (Lipinski definition) is 6. The molecule has 0 saturated heterocycles. The molecule has 0 saturated carbocycles. The highest BCUT2D eigenvalue weighted by atomic mass is 32.1. The van der Waals surface area contributed by atoms with E-state index in [1.165, 1.54) is 12.1 Å². The SMILES string of the molecule is O=C(OCCS)c1ccccc1C(=O)OCCS. The number of carbonyl (C=O) groups excluding carboxylic acids is 2. The van der Waals surface area contributed by atoms with Crippen LogP contribution in [-0.2, 0) is 9.47 Å². The maximum Gasteiger partial charge on any atom is 0.339 e. The van der Waals surface area contributed by atoms with Gasteiger partial charge in [-0.25, -0.2) is 9.59 Å². The van der Waals surface area contributed by atoms with E-state index in [-0.39, 0.29) is 24.3 Å². The van der Waals surface area contributed by atoms with Crippen LogP contribution in [-0.4, -0.2) is 36.7 Å². The van der Waals surface area contributed by atoms with Crippen LogP contribution in [0.3, 0.4) is 0 Å². The van der Waals surface area contributed by atoms with E-state index in [2.05, 4.69) is 25.3 Å². The zero-order valence-electron chi connectivity index (χ0n) is 9.67. The van der Waals surface area contributed by atoms with Crippen LogP contribution in [0.2, 0.25) is 0 Å². The van der Waals surface area contributed by atoms with Crippen molar-refractivity contribution < 1.29 is 19.1 Å². The minimum absolute atomic E-state index is 0.196. The van der Waals surface area contributed by atoms with Crippen LogP contribution in [0.5, 0.6) is 0 Å². The van der Waals surface area contributed by atoms with Crippen LogP contribution in [0.1, 0.15) is 20.7 Å². The van der Waals surface area contributed by atoms with Crippen molar-refractivity contribution in [1.82, 2.24) is 0 Å². The molecule has 1 aromatic rings. The lowest BCUT2D eigenvalue weighted by Gasteiger charge is -2.08. The number of esters is 2. The summed E-state index contributed by atoms with van der Waals surface area (Å²) in [6, 6.07) is 6.37. The van der Waals surface area contributed by atoms with Gasteiger partial charge >= 0.3 is 11.9 Å². The molecule has 0 aliphatic heterocycles. The minimum atomic E-state index is -0.553. The number of ether oxygens (including phenoxy) is 2. The first-order valence-electron chi connectivity index (χ1n) is 5.35. The molecule has 0 aliphatic rings. The van der Waals surface area contributed by atoms with E-state index >= 15 is 0 Å². The molecule has 0 radical (unpaired) electrons. The summed E-state index contributed by atoms with van der Waals surface area (Å²) in [5.41, 5.74) is 0.395. The molecule has 0 N–H and O–H groups in total. The summed E-state index contributed by atoms with van der Waals surface area (Å²) in [4.78, 5) is 23.4. The first-order chi connectivity index (χ1) is 8.70. The van der Waals surface area contributed by atoms with Gasteiger partial charge in [0.25, 0.3) is 0 Å². The Hall–Kier alpha value is -1.14. The van der Waals surface area contributed by atoms with Crippen molar-refractivity contribution in [3.05, 3.63) is 35.4 Å². The number of carbonyl (C=O) groups is 2. The predicted molar refractivity (Wildman–Crippen MR) is 74.7 cm³/mol. The van der Waals surface area contributed by atoms with Crippen molar-refractivity contribution in [2.75, 3.05) is 24.7 Å². The second kappa shape index (κ2) is 8.05. The highest BCUT2D eigenvalue weighted by Gasteiger charge is 2.18. The quantitative estimate of drug-likeness (QED) is 0.619. The molecule has 0 atom stereocenters. The average Bonchev–Trinajstić information content (AvgIpc) is 2.42. The molecule has 0 aromatic heterocycles. The molecule has 4 nitrogen and oxygen atoms in total. The van der Waals surface area contributed by atoms with Gasteiger partial charge in [0, 0.05) is 11.5 Å². The molecule has 6 heteroatoms. The Balaban J connectivity index is 2.85. The molecule has 0 unspecified atom stereocenters. The number of benzene rings is 1. The van der Waals surface area contributed by atoms with Gasteiger partial charge in [0.1, 0.15) is 13.2 Å². The predicted octanol–water partition coefficient (Wildman–Crippen LogP) is 1.86. The number of thiol groups is 2. The lowest BCUT2D eigenvalue weighted by Crippen LogP contribution is -2.15. The fraction of sp³-hybridized carbons (Fsp3) is 0.333. The maximum absolute atomic E-state index is 11.7. The van der Waals surface area contributed by atoms with Crippen LogP contribution in [0.25, 0.3) is 0 Å². The van der Waals surface area contributed by atoms with E-state index in [9.17, 15) is 9.59 Å². The number of rotatable bonds is 6. The topological polar surface area (TPSA) is 52.6 Å². The summed E-state index contributed by atoms with van der Waals surface area (Å²) < 4.78 is 9.87. The third-order valence-electron chi connectivity index (χ3n) is 2.02. The van der Waals surface area contributed by atoms with E-state index in [0.717, 1.165) is 0 Å². The Bertz CT molecular complexity index is 381. The van der Waals surface area contributed by atoms with Gasteiger partial charge in [0.15, 0.2) is 0 Å². The first kappa shape index (κ1) is 14.9. The smallest absolute Gasteiger partial charge is 0.339 e. The summed E-state index contributed by atoms with van der Waals surface area (Å²) in [5, 5.41) is 0. The van der Waals surface area contributed by atoms with Crippen molar-refractivity contribution in [2.24, 2.45) is 0 Å². The molecule has 18 heavy (non-hydrogen) atoms. The fourth-order valence-electron chi connectivity index (χ4n) is 1.27. The van der Waals surface area contributed by atoms with Gasteiger partial charge in [-0.3, -0.25) is 0 Å². The zero-order valence-corrected chi connectivity index (χ0v) is 11.5. The summed E-state index contributed by atoms with van der Waals surface area (Å²) in [6.07, 6.45) is 0. The highest BCUT2D eigenvalue weighted by molar-refractivity contribution is 7.80. The molecule has 0 aliphatic carbocycles. The molecule has 0 amide bonds. The fourth-order valence-corrected chi connectivity index (χ4v) is 1.45. The molecule has 98 valence electrons. The molecular weight excluding hydrogens is 272 g/mol. The molecule has 1 aromatic carbocycles. The van der Waals surface area contributed by atoms with Crippen LogP contribution in [0.4, 0.5) is 0 Å². The summed E-state index contributed by atoms with van der Waals surface area (Å²) in [6.45, 7) is 0.393. The van der Waals surface area contributed by atoms with E-state index in [1.807, 2.05) is 0 Å². The number of hydrogen-bond donors (Lipinski definition) is 2. The normalized spacial score (nSPS) is 9.89. The Labute approximate surface area is 116 Å². The molecule has 0 heterocycles. The molecule has 0 bridgehead atoms. The van der Waals surface area contributed by atoms with Gasteiger partial charge < -0.3 is 9.47 Å². The molecule has 0 fully saturated rings. The standard InChI is InChI=1S/C12H14O4S2/c13-11(15-5-7-17)9-3-1-2-4-10(9)12(14)16-6-8-18/h1-4,17-18H,5-8H2. The van der Waals surface area contributed by atoms with E-state index in [1.54, 1.807) is 12.1 Å². The highest BCUT2D eigenvalue weighted by Crippen LogP contribution is 2.12. The summed E-state index contributed by atoms with van der Waals surface area (Å²) >= 11 is 7.89. The Morgan fingerprint density at radius 1 is 0.889 bits per heavy atom. The van der Waals surface area contributed by atoms with Crippen molar-refractivity contribution in [2.45, 2.75) is 0 Å². The second-order valence-electron chi connectivity index (χ2n) is 3.26. The monoisotopic (exact) mass is 286 g/mol. The van der Waals surface area contributed by atoms with Crippen molar-refractivity contribution in [1.29, 1.82) is 0 Å². The minimum Gasteiger partial charge on any atom is -0.461 e. The molecule has 0 spiro atoms. The largest absolute Gasteiger partial charge is 0.461 e. The Morgan fingerprint density at radius 2 is 1.28 bits per heavy atom. The second-order valence-corrected chi connectivity index (χ2v) is 4.16. The molecule has 1 rings (SSSR count). The van der Waals surface area contributed by atoms with Crippen LogP contribution >= 0.6 is 25.3 Å². The van der Waals surface area contributed by atoms with Crippen molar-refractivity contribution in [3.8, 4) is 0 Å². The molecular formula is C12H14O4S2. The first-order valence-corrected chi connectivity index (χ1v) is 6.62. The van der Waals surface area contributed by atoms with Crippen molar-refractivity contribution >= 4 is 37.2 Å². The van der Waals surface area contributed by atoms with Crippen LogP contribution in [0.15, 0.2) is 24.3 Å². The van der Waals surface area contributed by atoms with E-state index in [4.69, 9.17) is 9.47 Å². The summed E-state index contributed by atoms with van der Waals surface area (Å²) in [7, 11) is 0. The van der Waals surface area contributed by atoms with Gasteiger partial charge in [-0.15, -0.1) is 0 Å².